The van der Waals surface area contributed by atoms with Crippen LogP contribution in [0.3, 0.4) is 0 Å². The van der Waals surface area contributed by atoms with E-state index >= 15 is 0 Å². The lowest BCUT2D eigenvalue weighted by atomic mass is 10.0. The molecule has 0 unspecified atom stereocenters. The molecule has 3 nitrogen and oxygen atoms in total. The molecule has 0 saturated carbocycles. The molecule has 1 aromatic rings. The van der Waals surface area contributed by atoms with Gasteiger partial charge in [-0.3, -0.25) is 4.79 Å². The minimum Gasteiger partial charge on any atom is -0.508 e. The van der Waals surface area contributed by atoms with Gasteiger partial charge >= 0.3 is 5.97 Å². The van der Waals surface area contributed by atoms with Crippen LogP contribution in [0, 0.1) is 5.82 Å². The predicted molar refractivity (Wildman–Crippen MR) is 58.0 cm³/mol. The van der Waals surface area contributed by atoms with Crippen molar-refractivity contribution in [3.63, 3.8) is 0 Å². The Kier molecular flexibility index (Phi) is 4.28. The molecule has 0 spiro atoms. The molecule has 1 aromatic carbocycles. The van der Waals surface area contributed by atoms with Crippen molar-refractivity contribution in [1.82, 2.24) is 0 Å². The van der Waals surface area contributed by atoms with Gasteiger partial charge < -0.3 is 10.2 Å². The number of benzene rings is 1. The highest BCUT2D eigenvalue weighted by atomic mass is 19.1. The van der Waals surface area contributed by atoms with E-state index < -0.39 is 11.8 Å². The maximum Gasteiger partial charge on any atom is 0.307 e. The second-order valence-corrected chi connectivity index (χ2v) is 3.71. The Labute approximate surface area is 93.5 Å². The number of unbranched alkanes of at least 4 members (excludes halogenated alkanes) is 1. The first-order valence-corrected chi connectivity index (χ1v) is 5.27. The summed E-state index contributed by atoms with van der Waals surface area (Å²) in [5.41, 5.74) is 0.344. The van der Waals surface area contributed by atoms with Crippen molar-refractivity contribution in [1.29, 1.82) is 0 Å². The number of halogens is 1. The Hall–Kier alpha value is -1.58. The Morgan fingerprint density at radius 3 is 2.69 bits per heavy atom. The molecule has 0 bridgehead atoms. The quantitative estimate of drug-likeness (QED) is 0.811. The summed E-state index contributed by atoms with van der Waals surface area (Å²) in [6.45, 7) is 1.97. The second-order valence-electron chi connectivity index (χ2n) is 3.71. The van der Waals surface area contributed by atoms with Gasteiger partial charge in [-0.15, -0.1) is 0 Å². The lowest BCUT2D eigenvalue weighted by Gasteiger charge is -2.08. The Morgan fingerprint density at radius 1 is 1.44 bits per heavy atom. The van der Waals surface area contributed by atoms with Crippen LogP contribution < -0.4 is 0 Å². The van der Waals surface area contributed by atoms with Gasteiger partial charge in [0.1, 0.15) is 11.6 Å². The van der Waals surface area contributed by atoms with Crippen LogP contribution in [0.2, 0.25) is 0 Å². The van der Waals surface area contributed by atoms with Gasteiger partial charge in [0, 0.05) is 5.56 Å². The van der Waals surface area contributed by atoms with Gasteiger partial charge in [-0.2, -0.15) is 0 Å². The fraction of sp³-hybridized carbons (Fsp3) is 0.417. The minimum atomic E-state index is -1.08. The van der Waals surface area contributed by atoms with Crippen molar-refractivity contribution in [2.45, 2.75) is 32.6 Å². The zero-order chi connectivity index (χ0) is 12.1. The van der Waals surface area contributed by atoms with E-state index in [0.29, 0.717) is 6.42 Å². The lowest BCUT2D eigenvalue weighted by molar-refractivity contribution is -0.136. The van der Waals surface area contributed by atoms with Crippen molar-refractivity contribution >= 4 is 5.97 Å². The highest BCUT2D eigenvalue weighted by Crippen LogP contribution is 2.25. The second kappa shape index (κ2) is 5.49. The first-order valence-electron chi connectivity index (χ1n) is 5.27. The summed E-state index contributed by atoms with van der Waals surface area (Å²) in [5.74, 6) is -1.76. The van der Waals surface area contributed by atoms with Gasteiger partial charge in [-0.1, -0.05) is 19.4 Å². The molecule has 0 heterocycles. The van der Waals surface area contributed by atoms with Crippen molar-refractivity contribution in [2.75, 3.05) is 0 Å². The number of hydrogen-bond acceptors (Lipinski definition) is 2. The van der Waals surface area contributed by atoms with E-state index in [0.717, 1.165) is 12.8 Å². The third-order valence-corrected chi connectivity index (χ3v) is 2.42. The zero-order valence-corrected chi connectivity index (χ0v) is 9.16. The Bertz CT molecular complexity index is 388. The average molecular weight is 226 g/mol. The maximum absolute atomic E-state index is 13.8. The van der Waals surface area contributed by atoms with Crippen LogP contribution in [0.4, 0.5) is 4.39 Å². The minimum absolute atomic E-state index is 0.0971. The fourth-order valence-electron chi connectivity index (χ4n) is 1.55. The van der Waals surface area contributed by atoms with Crippen LogP contribution in [0.5, 0.6) is 5.75 Å². The summed E-state index contributed by atoms with van der Waals surface area (Å²) in [6, 6.07) is 2.67. The lowest BCUT2D eigenvalue weighted by Crippen LogP contribution is -2.05. The largest absolute Gasteiger partial charge is 0.508 e. The third kappa shape index (κ3) is 2.95. The molecule has 0 radical (unpaired) electrons. The first kappa shape index (κ1) is 12.5. The van der Waals surface area contributed by atoms with Crippen molar-refractivity contribution in [3.05, 3.63) is 29.1 Å². The number of aliphatic carboxylic acids is 1. The van der Waals surface area contributed by atoms with Crippen molar-refractivity contribution in [2.24, 2.45) is 0 Å². The number of aromatic hydroxyl groups is 1. The zero-order valence-electron chi connectivity index (χ0n) is 9.16. The van der Waals surface area contributed by atoms with Gasteiger partial charge in [-0.05, 0) is 24.5 Å². The molecule has 0 saturated heterocycles. The van der Waals surface area contributed by atoms with Gasteiger partial charge in [0.25, 0.3) is 0 Å². The molecule has 0 amide bonds. The van der Waals surface area contributed by atoms with Gasteiger partial charge in [-0.25, -0.2) is 4.39 Å². The molecule has 0 aromatic heterocycles. The van der Waals surface area contributed by atoms with Crippen molar-refractivity contribution in [3.8, 4) is 5.75 Å². The summed E-state index contributed by atoms with van der Waals surface area (Å²) in [4.78, 5) is 10.5. The number of phenols is 1. The van der Waals surface area contributed by atoms with E-state index in [1.54, 1.807) is 0 Å². The third-order valence-electron chi connectivity index (χ3n) is 2.42. The molecule has 0 aliphatic rings. The predicted octanol–water partition coefficient (Wildman–Crippen LogP) is 2.50. The van der Waals surface area contributed by atoms with E-state index in [9.17, 15) is 14.3 Å². The maximum atomic E-state index is 13.8. The van der Waals surface area contributed by atoms with Gasteiger partial charge in [0.05, 0.1) is 6.42 Å². The average Bonchev–Trinajstić information content (AvgIpc) is 2.22. The SMILES string of the molecule is CCCCc1c(O)ccc(CC(=O)O)c1F. The van der Waals surface area contributed by atoms with E-state index in [-0.39, 0.29) is 23.3 Å². The summed E-state index contributed by atoms with van der Waals surface area (Å²) in [5, 5.41) is 18.1. The molecule has 4 heteroatoms. The highest BCUT2D eigenvalue weighted by Gasteiger charge is 2.14. The molecule has 88 valence electrons. The molecular weight excluding hydrogens is 211 g/mol. The number of rotatable bonds is 5. The number of hydrogen-bond donors (Lipinski definition) is 2. The first-order chi connectivity index (χ1) is 7.56. The number of carbonyl (C=O) groups is 1. The van der Waals surface area contributed by atoms with Crippen LogP contribution in [-0.2, 0) is 17.6 Å². The van der Waals surface area contributed by atoms with Crippen LogP contribution >= 0.6 is 0 Å². The van der Waals surface area contributed by atoms with Gasteiger partial charge in [0.2, 0.25) is 0 Å². The summed E-state index contributed by atoms with van der Waals surface area (Å²) in [6.07, 6.45) is 1.73. The molecular formula is C12H15FO3. The summed E-state index contributed by atoms with van der Waals surface area (Å²) < 4.78 is 13.8. The van der Waals surface area contributed by atoms with E-state index in [1.165, 1.54) is 12.1 Å². The monoisotopic (exact) mass is 226 g/mol. The molecule has 1 rings (SSSR count). The summed E-state index contributed by atoms with van der Waals surface area (Å²) in [7, 11) is 0. The van der Waals surface area contributed by atoms with Crippen LogP contribution in [0.25, 0.3) is 0 Å². The van der Waals surface area contributed by atoms with E-state index in [4.69, 9.17) is 5.11 Å². The normalized spacial score (nSPS) is 10.4. The molecule has 0 aliphatic carbocycles. The summed E-state index contributed by atoms with van der Waals surface area (Å²) >= 11 is 0. The number of carboxylic acid groups (broad SMARTS) is 1. The highest BCUT2D eigenvalue weighted by molar-refractivity contribution is 5.70. The van der Waals surface area contributed by atoms with Gasteiger partial charge in [0.15, 0.2) is 0 Å². The Morgan fingerprint density at radius 2 is 2.12 bits per heavy atom. The van der Waals surface area contributed by atoms with Crippen LogP contribution in [-0.4, -0.2) is 16.2 Å². The molecule has 0 fully saturated rings. The van der Waals surface area contributed by atoms with E-state index in [2.05, 4.69) is 0 Å². The standard InChI is InChI=1S/C12H15FO3/c1-2-3-4-9-10(14)6-5-8(12(9)13)7-11(15)16/h5-6,14H,2-4,7H2,1H3,(H,15,16). The van der Waals surface area contributed by atoms with Crippen LogP contribution in [0.1, 0.15) is 30.9 Å². The van der Waals surface area contributed by atoms with Crippen molar-refractivity contribution < 1.29 is 19.4 Å². The molecule has 0 atom stereocenters. The number of carboxylic acids is 1. The fourth-order valence-corrected chi connectivity index (χ4v) is 1.55. The van der Waals surface area contributed by atoms with Crippen LogP contribution in [0.15, 0.2) is 12.1 Å². The topological polar surface area (TPSA) is 57.5 Å². The number of phenolic OH excluding ortho intramolecular Hbond substituents is 1. The smallest absolute Gasteiger partial charge is 0.307 e. The molecule has 0 aliphatic heterocycles. The molecule has 2 N–H and O–H groups in total. The van der Waals surface area contributed by atoms with E-state index in [1.807, 2.05) is 6.92 Å². The molecule has 16 heavy (non-hydrogen) atoms. The Balaban J connectivity index is 3.01.